The van der Waals surface area contributed by atoms with Crippen molar-refractivity contribution in [1.82, 2.24) is 19.2 Å². The molecule has 0 atom stereocenters. The van der Waals surface area contributed by atoms with E-state index in [1.807, 2.05) is 22.4 Å². The first-order chi connectivity index (χ1) is 13.2. The van der Waals surface area contributed by atoms with E-state index in [0.717, 1.165) is 18.8 Å². The fourth-order valence-electron chi connectivity index (χ4n) is 3.30. The van der Waals surface area contributed by atoms with E-state index in [-0.39, 0.29) is 11.5 Å². The largest absolute Gasteiger partial charge is 0.496 e. The minimum absolute atomic E-state index is 0.0107. The number of rotatable bonds is 4. The summed E-state index contributed by atoms with van der Waals surface area (Å²) in [6.45, 7) is 3.37. The Labute approximate surface area is 160 Å². The molecule has 0 spiro atoms. The highest BCUT2D eigenvalue weighted by atomic mass is 32.1. The van der Waals surface area contributed by atoms with Crippen molar-refractivity contribution in [3.05, 3.63) is 63.5 Å². The third kappa shape index (κ3) is 3.58. The number of carbonyl (C=O) groups excluding carboxylic acids is 1. The fourth-order valence-corrected chi connectivity index (χ4v) is 4.04. The lowest BCUT2D eigenvalue weighted by molar-refractivity contribution is 0.0624. The number of methoxy groups -OCH3 is 1. The second-order valence-corrected chi connectivity index (χ2v) is 7.28. The predicted molar refractivity (Wildman–Crippen MR) is 104 cm³/mol. The van der Waals surface area contributed by atoms with Crippen LogP contribution in [-0.4, -0.2) is 58.4 Å². The molecule has 0 N–H and O–H groups in total. The number of thiazole rings is 1. The summed E-state index contributed by atoms with van der Waals surface area (Å²) in [7, 11) is 1.57. The molecule has 0 aliphatic carbocycles. The van der Waals surface area contributed by atoms with Crippen LogP contribution in [0.4, 0.5) is 0 Å². The highest BCUT2D eigenvalue weighted by molar-refractivity contribution is 7.15. The number of nitrogens with zero attached hydrogens (tertiary/aromatic N) is 4. The molecule has 1 aliphatic rings. The quantitative estimate of drug-likeness (QED) is 0.685. The average molecular weight is 384 g/mol. The molecular weight excluding hydrogens is 364 g/mol. The Morgan fingerprint density at radius 2 is 2.00 bits per heavy atom. The van der Waals surface area contributed by atoms with Crippen molar-refractivity contribution in [3.8, 4) is 5.75 Å². The van der Waals surface area contributed by atoms with Crippen LogP contribution in [0.1, 0.15) is 16.1 Å². The summed E-state index contributed by atoms with van der Waals surface area (Å²) in [5, 5.41) is 1.86. The number of aromatic nitrogens is 2. The van der Waals surface area contributed by atoms with Gasteiger partial charge in [-0.05, 0) is 12.1 Å². The average Bonchev–Trinajstić information content (AvgIpc) is 3.17. The van der Waals surface area contributed by atoms with E-state index >= 15 is 0 Å². The van der Waals surface area contributed by atoms with Crippen molar-refractivity contribution >= 4 is 22.2 Å². The maximum absolute atomic E-state index is 12.8. The van der Waals surface area contributed by atoms with E-state index in [4.69, 9.17) is 4.74 Å². The zero-order chi connectivity index (χ0) is 18.8. The number of hydrogen-bond donors (Lipinski definition) is 0. The smallest absolute Gasteiger partial charge is 0.258 e. The topological polar surface area (TPSA) is 67.2 Å². The molecule has 0 unspecified atom stereocenters. The highest BCUT2D eigenvalue weighted by Crippen LogP contribution is 2.20. The van der Waals surface area contributed by atoms with E-state index < -0.39 is 0 Å². The van der Waals surface area contributed by atoms with Crippen LogP contribution in [0.3, 0.4) is 0 Å². The molecule has 140 valence electrons. The van der Waals surface area contributed by atoms with Crippen molar-refractivity contribution in [2.24, 2.45) is 0 Å². The summed E-state index contributed by atoms with van der Waals surface area (Å²) < 4.78 is 6.85. The van der Waals surface area contributed by atoms with E-state index in [1.54, 1.807) is 35.9 Å². The third-order valence-corrected chi connectivity index (χ3v) is 5.50. The Balaban J connectivity index is 1.41. The first-order valence-electron chi connectivity index (χ1n) is 8.76. The van der Waals surface area contributed by atoms with Gasteiger partial charge in [-0.1, -0.05) is 12.1 Å². The number of para-hydroxylation sites is 1. The summed E-state index contributed by atoms with van der Waals surface area (Å²) in [6, 6.07) is 8.88. The van der Waals surface area contributed by atoms with Gasteiger partial charge in [0.1, 0.15) is 5.75 Å². The molecule has 1 amide bonds. The summed E-state index contributed by atoms with van der Waals surface area (Å²) in [5.41, 5.74) is 1.31. The van der Waals surface area contributed by atoms with Crippen molar-refractivity contribution in [3.63, 3.8) is 0 Å². The number of fused-ring (bicyclic) bond motifs is 1. The van der Waals surface area contributed by atoms with Gasteiger partial charge in [0.15, 0.2) is 4.96 Å². The van der Waals surface area contributed by atoms with Crippen molar-refractivity contribution in [2.45, 2.75) is 6.54 Å². The predicted octanol–water partition coefficient (Wildman–Crippen LogP) is 1.72. The Hall–Kier alpha value is -2.71. The zero-order valence-electron chi connectivity index (χ0n) is 15.0. The zero-order valence-corrected chi connectivity index (χ0v) is 15.8. The lowest BCUT2D eigenvalue weighted by Crippen LogP contribution is -2.48. The van der Waals surface area contributed by atoms with Gasteiger partial charge in [0.2, 0.25) is 0 Å². The van der Waals surface area contributed by atoms with E-state index in [2.05, 4.69) is 9.88 Å². The molecule has 0 bridgehead atoms. The normalized spacial score (nSPS) is 15.2. The van der Waals surface area contributed by atoms with Crippen LogP contribution in [-0.2, 0) is 6.54 Å². The van der Waals surface area contributed by atoms with Crippen LogP contribution >= 0.6 is 11.3 Å². The lowest BCUT2D eigenvalue weighted by Gasteiger charge is -2.34. The SMILES string of the molecule is COc1ccccc1C(=O)N1CCN(Cc2cc(=O)n3ccsc3n2)CC1. The lowest BCUT2D eigenvalue weighted by atomic mass is 10.1. The molecule has 0 saturated carbocycles. The standard InChI is InChI=1S/C19H20N4O3S/c1-26-16-5-3-2-4-15(16)18(25)22-8-6-21(7-9-22)13-14-12-17(24)23-10-11-27-19(23)20-14/h2-5,10-12H,6-9,13H2,1H3. The Bertz CT molecular complexity index is 1020. The summed E-state index contributed by atoms with van der Waals surface area (Å²) in [6.07, 6.45) is 1.74. The molecule has 8 heteroatoms. The molecule has 3 aromatic rings. The number of amides is 1. The first kappa shape index (κ1) is 17.7. The Morgan fingerprint density at radius 1 is 1.22 bits per heavy atom. The monoisotopic (exact) mass is 384 g/mol. The van der Waals surface area contributed by atoms with Crippen LogP contribution in [0.5, 0.6) is 5.75 Å². The van der Waals surface area contributed by atoms with Crippen LogP contribution < -0.4 is 10.3 Å². The van der Waals surface area contributed by atoms with Gasteiger partial charge < -0.3 is 9.64 Å². The minimum atomic E-state index is -0.0544. The summed E-state index contributed by atoms with van der Waals surface area (Å²) in [5.74, 6) is 0.585. The highest BCUT2D eigenvalue weighted by Gasteiger charge is 2.24. The molecule has 0 radical (unpaired) electrons. The van der Waals surface area contributed by atoms with Gasteiger partial charge in [0.25, 0.3) is 11.5 Å². The van der Waals surface area contributed by atoms with Gasteiger partial charge in [-0.3, -0.25) is 18.9 Å². The van der Waals surface area contributed by atoms with Gasteiger partial charge >= 0.3 is 0 Å². The first-order valence-corrected chi connectivity index (χ1v) is 9.64. The molecule has 4 rings (SSSR count). The van der Waals surface area contributed by atoms with Crippen LogP contribution in [0.2, 0.25) is 0 Å². The van der Waals surface area contributed by atoms with Crippen molar-refractivity contribution in [2.75, 3.05) is 33.3 Å². The van der Waals surface area contributed by atoms with Gasteiger partial charge in [-0.15, -0.1) is 11.3 Å². The molecule has 1 saturated heterocycles. The van der Waals surface area contributed by atoms with Gasteiger partial charge in [-0.25, -0.2) is 4.98 Å². The maximum atomic E-state index is 12.8. The van der Waals surface area contributed by atoms with Gasteiger partial charge in [0, 0.05) is 50.4 Å². The molecule has 3 heterocycles. The number of ether oxygens (including phenoxy) is 1. The van der Waals surface area contributed by atoms with E-state index in [9.17, 15) is 9.59 Å². The van der Waals surface area contributed by atoms with Gasteiger partial charge in [-0.2, -0.15) is 0 Å². The van der Waals surface area contributed by atoms with E-state index in [1.165, 1.54) is 11.3 Å². The molecule has 1 aliphatic heterocycles. The van der Waals surface area contributed by atoms with Crippen LogP contribution in [0.15, 0.2) is 46.7 Å². The summed E-state index contributed by atoms with van der Waals surface area (Å²) in [4.78, 5) is 34.2. The second-order valence-electron chi connectivity index (χ2n) is 6.41. The molecule has 2 aromatic heterocycles. The number of piperazine rings is 1. The third-order valence-electron chi connectivity index (χ3n) is 4.74. The number of carbonyl (C=O) groups is 1. The minimum Gasteiger partial charge on any atom is -0.496 e. The Morgan fingerprint density at radius 3 is 2.78 bits per heavy atom. The molecular formula is C19H20N4O3S. The van der Waals surface area contributed by atoms with Gasteiger partial charge in [0.05, 0.1) is 18.4 Å². The fraction of sp³-hybridized carbons (Fsp3) is 0.316. The van der Waals surface area contributed by atoms with Crippen LogP contribution in [0.25, 0.3) is 4.96 Å². The van der Waals surface area contributed by atoms with Crippen molar-refractivity contribution in [1.29, 1.82) is 0 Å². The molecule has 1 aromatic carbocycles. The maximum Gasteiger partial charge on any atom is 0.258 e. The second kappa shape index (κ2) is 7.50. The molecule has 27 heavy (non-hydrogen) atoms. The van der Waals surface area contributed by atoms with Crippen LogP contribution in [0, 0.1) is 0 Å². The Kier molecular flexibility index (Phi) is 4.91. The molecule has 7 nitrogen and oxygen atoms in total. The van der Waals surface area contributed by atoms with E-state index in [0.29, 0.717) is 35.9 Å². The molecule has 1 fully saturated rings. The number of hydrogen-bond acceptors (Lipinski definition) is 6. The summed E-state index contributed by atoms with van der Waals surface area (Å²) >= 11 is 1.45. The number of benzene rings is 1. The van der Waals surface area contributed by atoms with Crippen molar-refractivity contribution < 1.29 is 9.53 Å².